The van der Waals surface area contributed by atoms with Crippen LogP contribution in [0.25, 0.3) is 88.0 Å². The van der Waals surface area contributed by atoms with Gasteiger partial charge in [0.1, 0.15) is 22.3 Å². The summed E-state index contributed by atoms with van der Waals surface area (Å²) in [5.74, 6) is 0. The van der Waals surface area contributed by atoms with E-state index >= 15 is 0 Å². The maximum Gasteiger partial charge on any atom is 0.143 e. The number of benzene rings is 9. The molecule has 0 radical (unpaired) electrons. The number of anilines is 3. The van der Waals surface area contributed by atoms with Crippen molar-refractivity contribution < 1.29 is 8.83 Å². The molecule has 1 aliphatic rings. The van der Waals surface area contributed by atoms with E-state index in [1.165, 1.54) is 27.8 Å². The first kappa shape index (κ1) is 32.8. The number of hydrogen-bond acceptors (Lipinski definition) is 3. The Morgan fingerprint density at radius 3 is 1.91 bits per heavy atom. The molecular weight excluding hydrogens is 707 g/mol. The summed E-state index contributed by atoms with van der Waals surface area (Å²) in [6.45, 7) is 4.69. The van der Waals surface area contributed by atoms with Gasteiger partial charge in [-0.3, -0.25) is 0 Å². The van der Waals surface area contributed by atoms with Crippen LogP contribution in [0.2, 0.25) is 0 Å². The molecule has 0 unspecified atom stereocenters. The van der Waals surface area contributed by atoms with Crippen LogP contribution in [0.15, 0.2) is 197 Å². The molecule has 2 aromatic heterocycles. The molecule has 0 amide bonds. The minimum Gasteiger partial charge on any atom is -0.456 e. The van der Waals surface area contributed by atoms with Crippen LogP contribution in [0.1, 0.15) is 25.0 Å². The number of hydrogen-bond donors (Lipinski definition) is 0. The van der Waals surface area contributed by atoms with Gasteiger partial charge in [-0.15, -0.1) is 0 Å². The second-order valence-electron chi connectivity index (χ2n) is 16.1. The number of para-hydroxylation sites is 2. The average Bonchev–Trinajstić information content (AvgIpc) is 3.92. The van der Waals surface area contributed by atoms with Crippen LogP contribution in [0, 0.1) is 0 Å². The molecule has 9 aromatic carbocycles. The summed E-state index contributed by atoms with van der Waals surface area (Å²) in [4.78, 5) is 2.40. The van der Waals surface area contributed by atoms with Crippen LogP contribution in [0.5, 0.6) is 0 Å². The molecule has 58 heavy (non-hydrogen) atoms. The largest absolute Gasteiger partial charge is 0.456 e. The highest BCUT2D eigenvalue weighted by atomic mass is 16.3. The number of nitrogens with zero attached hydrogens (tertiary/aromatic N) is 1. The first-order valence-corrected chi connectivity index (χ1v) is 20.0. The number of fused-ring (bicyclic) bond motifs is 11. The summed E-state index contributed by atoms with van der Waals surface area (Å²) < 4.78 is 13.1. The molecule has 0 saturated heterocycles. The zero-order valence-corrected chi connectivity index (χ0v) is 32.2. The summed E-state index contributed by atoms with van der Waals surface area (Å²) in [5, 5.41) is 6.72. The molecule has 3 heteroatoms. The van der Waals surface area contributed by atoms with Gasteiger partial charge in [0.15, 0.2) is 0 Å². The van der Waals surface area contributed by atoms with Crippen molar-refractivity contribution in [3.05, 3.63) is 199 Å². The molecular formula is C55H37NO2. The van der Waals surface area contributed by atoms with Crippen molar-refractivity contribution in [2.75, 3.05) is 4.90 Å². The van der Waals surface area contributed by atoms with E-state index in [-0.39, 0.29) is 5.41 Å². The van der Waals surface area contributed by atoms with E-state index in [1.54, 1.807) is 0 Å². The number of rotatable bonds is 5. The Hall–Kier alpha value is -7.36. The Morgan fingerprint density at radius 1 is 0.379 bits per heavy atom. The molecule has 0 fully saturated rings. The topological polar surface area (TPSA) is 29.5 Å². The summed E-state index contributed by atoms with van der Waals surface area (Å²) in [6.07, 6.45) is 0. The quantitative estimate of drug-likeness (QED) is 0.176. The van der Waals surface area contributed by atoms with Gasteiger partial charge in [0.2, 0.25) is 0 Å². The van der Waals surface area contributed by atoms with Gasteiger partial charge in [0.05, 0.1) is 11.1 Å². The highest BCUT2D eigenvalue weighted by Crippen LogP contribution is 2.52. The Morgan fingerprint density at radius 2 is 1.05 bits per heavy atom. The highest BCUT2D eigenvalue weighted by molar-refractivity contribution is 6.22. The van der Waals surface area contributed by atoms with Crippen LogP contribution >= 0.6 is 0 Å². The standard InChI is InChI=1S/C55H37NO2/c1-55(2)47-19-10-8-16-40(47)41-30-28-38(32-48(41)55)56(37-13-4-3-5-14-37)49-20-12-22-51-53(49)46-33-45(39-15-6-7-18-44(39)54(46)58-51)35-25-23-34(24-26-35)36-27-29-43-42-17-9-11-21-50(42)57-52(43)31-36/h3-33H,1-2H3. The zero-order chi connectivity index (χ0) is 38.5. The van der Waals surface area contributed by atoms with E-state index in [2.05, 4.69) is 195 Å². The van der Waals surface area contributed by atoms with Gasteiger partial charge in [-0.2, -0.15) is 0 Å². The lowest BCUT2D eigenvalue weighted by Gasteiger charge is -2.28. The van der Waals surface area contributed by atoms with E-state index in [0.717, 1.165) is 88.4 Å². The fourth-order valence-corrected chi connectivity index (χ4v) is 9.64. The van der Waals surface area contributed by atoms with Gasteiger partial charge in [0, 0.05) is 38.3 Å². The molecule has 1 aliphatic carbocycles. The normalized spacial score (nSPS) is 13.1. The van der Waals surface area contributed by atoms with Crippen LogP contribution in [-0.4, -0.2) is 0 Å². The number of furan rings is 2. The second-order valence-corrected chi connectivity index (χ2v) is 16.1. The van der Waals surface area contributed by atoms with Crippen molar-refractivity contribution in [3.8, 4) is 33.4 Å². The molecule has 0 N–H and O–H groups in total. The molecule has 0 aliphatic heterocycles. The van der Waals surface area contributed by atoms with Crippen LogP contribution in [0.4, 0.5) is 17.1 Å². The maximum atomic E-state index is 6.87. The Bertz CT molecular complexity index is 3420. The molecule has 11 aromatic rings. The molecule has 3 nitrogen and oxygen atoms in total. The average molecular weight is 744 g/mol. The summed E-state index contributed by atoms with van der Waals surface area (Å²) in [5.41, 5.74) is 16.7. The van der Waals surface area contributed by atoms with E-state index in [4.69, 9.17) is 8.83 Å². The van der Waals surface area contributed by atoms with E-state index in [0.29, 0.717) is 0 Å². The lowest BCUT2D eigenvalue weighted by atomic mass is 9.82. The van der Waals surface area contributed by atoms with Crippen LogP contribution < -0.4 is 4.90 Å². The third kappa shape index (κ3) is 4.80. The molecule has 0 atom stereocenters. The first-order valence-electron chi connectivity index (χ1n) is 20.0. The molecule has 0 spiro atoms. The predicted octanol–water partition coefficient (Wildman–Crippen LogP) is 15.7. The smallest absolute Gasteiger partial charge is 0.143 e. The van der Waals surface area contributed by atoms with Crippen molar-refractivity contribution >= 4 is 71.7 Å². The van der Waals surface area contributed by atoms with Crippen molar-refractivity contribution in [2.24, 2.45) is 0 Å². The zero-order valence-electron chi connectivity index (χ0n) is 32.2. The molecule has 12 rings (SSSR count). The monoisotopic (exact) mass is 743 g/mol. The second kappa shape index (κ2) is 12.3. The van der Waals surface area contributed by atoms with Crippen molar-refractivity contribution in [1.82, 2.24) is 0 Å². The highest BCUT2D eigenvalue weighted by Gasteiger charge is 2.36. The van der Waals surface area contributed by atoms with E-state index in [1.807, 2.05) is 12.1 Å². The lowest BCUT2D eigenvalue weighted by Crippen LogP contribution is -2.16. The van der Waals surface area contributed by atoms with Gasteiger partial charge in [-0.05, 0) is 111 Å². The maximum absolute atomic E-state index is 6.87. The minimum atomic E-state index is -0.123. The Labute approximate surface area is 336 Å². The molecule has 2 heterocycles. The van der Waals surface area contributed by atoms with Gasteiger partial charge in [0.25, 0.3) is 0 Å². The van der Waals surface area contributed by atoms with Crippen LogP contribution in [0.3, 0.4) is 0 Å². The minimum absolute atomic E-state index is 0.123. The predicted molar refractivity (Wildman–Crippen MR) is 242 cm³/mol. The summed E-state index contributed by atoms with van der Waals surface area (Å²) in [6, 6.07) is 67.7. The summed E-state index contributed by atoms with van der Waals surface area (Å²) in [7, 11) is 0. The Kier molecular flexibility index (Phi) is 6.98. The molecule has 274 valence electrons. The SMILES string of the molecule is CC1(C)c2ccccc2-c2ccc(N(c3ccccc3)c3cccc4oc5c6ccccc6c(-c6ccc(-c7ccc8c(c7)oc7ccccc78)cc6)cc5c34)cc21. The lowest BCUT2D eigenvalue weighted by molar-refractivity contribution is 0.660. The van der Waals surface area contributed by atoms with E-state index in [9.17, 15) is 0 Å². The summed E-state index contributed by atoms with van der Waals surface area (Å²) >= 11 is 0. The first-order chi connectivity index (χ1) is 28.5. The van der Waals surface area contributed by atoms with Crippen molar-refractivity contribution in [2.45, 2.75) is 19.3 Å². The third-order valence-corrected chi connectivity index (χ3v) is 12.5. The molecule has 0 bridgehead atoms. The van der Waals surface area contributed by atoms with Crippen molar-refractivity contribution in [3.63, 3.8) is 0 Å². The fourth-order valence-electron chi connectivity index (χ4n) is 9.64. The van der Waals surface area contributed by atoms with Gasteiger partial charge in [-0.1, -0.05) is 141 Å². The van der Waals surface area contributed by atoms with Gasteiger partial charge in [-0.25, -0.2) is 0 Å². The van der Waals surface area contributed by atoms with Crippen molar-refractivity contribution in [1.29, 1.82) is 0 Å². The van der Waals surface area contributed by atoms with Crippen LogP contribution in [-0.2, 0) is 5.41 Å². The van der Waals surface area contributed by atoms with E-state index < -0.39 is 0 Å². The fraction of sp³-hybridized carbons (Fsp3) is 0.0545. The Balaban J connectivity index is 1.03. The third-order valence-electron chi connectivity index (χ3n) is 12.5. The van der Waals surface area contributed by atoms with Gasteiger partial charge >= 0.3 is 0 Å². The molecule has 0 saturated carbocycles. The van der Waals surface area contributed by atoms with Gasteiger partial charge < -0.3 is 13.7 Å².